The lowest BCUT2D eigenvalue weighted by atomic mass is 10.2. The molecule has 0 aliphatic carbocycles. The summed E-state index contributed by atoms with van der Waals surface area (Å²) in [7, 11) is 1.16. The number of carbonyl (C=O) groups excluding carboxylic acids is 2. The molecular weight excluding hydrogens is 220 g/mol. The maximum absolute atomic E-state index is 12.0. The van der Waals surface area contributed by atoms with Crippen LogP contribution in [0.2, 0.25) is 0 Å². The highest BCUT2D eigenvalue weighted by Crippen LogP contribution is 2.16. The summed E-state index contributed by atoms with van der Waals surface area (Å²) in [4.78, 5) is 22.0. The second-order valence-corrected chi connectivity index (χ2v) is 2.83. The zero-order valence-corrected chi connectivity index (χ0v) is 8.37. The fourth-order valence-electron chi connectivity index (χ4n) is 1.07. The minimum absolute atomic E-state index is 0.000324. The predicted molar refractivity (Wildman–Crippen MR) is 52.4 cm³/mol. The standard InChI is InChI=1S/C10H9F2NO3/c1-16-10(15)6-4-2-3-5-7(6)13-9(14)8(11)12/h2-5,8H,1H3,(H,13,14). The van der Waals surface area contributed by atoms with Crippen LogP contribution in [0.3, 0.4) is 0 Å². The van der Waals surface area contributed by atoms with Crippen molar-refractivity contribution in [2.75, 3.05) is 12.4 Å². The quantitative estimate of drug-likeness (QED) is 0.802. The molecule has 1 aromatic rings. The highest BCUT2D eigenvalue weighted by molar-refractivity contribution is 6.02. The van der Waals surface area contributed by atoms with Crippen molar-refractivity contribution < 1.29 is 23.1 Å². The van der Waals surface area contributed by atoms with Crippen molar-refractivity contribution in [3.05, 3.63) is 29.8 Å². The molecule has 1 amide bonds. The first-order valence-corrected chi connectivity index (χ1v) is 4.32. The molecule has 1 N–H and O–H groups in total. The molecule has 1 aromatic carbocycles. The zero-order chi connectivity index (χ0) is 12.1. The highest BCUT2D eigenvalue weighted by Gasteiger charge is 2.18. The van der Waals surface area contributed by atoms with Crippen LogP contribution in [0.1, 0.15) is 10.4 Å². The van der Waals surface area contributed by atoms with E-state index in [1.165, 1.54) is 24.3 Å². The highest BCUT2D eigenvalue weighted by atomic mass is 19.3. The van der Waals surface area contributed by atoms with Gasteiger partial charge in [-0.1, -0.05) is 12.1 Å². The van der Waals surface area contributed by atoms with Gasteiger partial charge < -0.3 is 10.1 Å². The van der Waals surface area contributed by atoms with Crippen LogP contribution in [0.15, 0.2) is 24.3 Å². The number of carbonyl (C=O) groups is 2. The van der Waals surface area contributed by atoms with Gasteiger partial charge >= 0.3 is 12.4 Å². The first-order chi connectivity index (χ1) is 7.56. The third kappa shape index (κ3) is 2.75. The number of ether oxygens (including phenoxy) is 1. The lowest BCUT2D eigenvalue weighted by Gasteiger charge is -2.08. The molecular formula is C10H9F2NO3. The molecule has 0 unspecified atom stereocenters. The summed E-state index contributed by atoms with van der Waals surface area (Å²) in [5.74, 6) is -2.17. The minimum atomic E-state index is -3.13. The number of rotatable bonds is 3. The normalized spacial score (nSPS) is 10.0. The van der Waals surface area contributed by atoms with Crippen LogP contribution in [0.4, 0.5) is 14.5 Å². The van der Waals surface area contributed by atoms with Gasteiger partial charge in [0.1, 0.15) is 0 Å². The SMILES string of the molecule is COC(=O)c1ccccc1NC(=O)C(F)F. The van der Waals surface area contributed by atoms with E-state index in [9.17, 15) is 18.4 Å². The van der Waals surface area contributed by atoms with Crippen LogP contribution >= 0.6 is 0 Å². The number of hydrogen-bond acceptors (Lipinski definition) is 3. The number of anilines is 1. The van der Waals surface area contributed by atoms with E-state index in [2.05, 4.69) is 4.74 Å². The number of para-hydroxylation sites is 1. The average Bonchev–Trinajstić information content (AvgIpc) is 2.28. The van der Waals surface area contributed by atoms with E-state index in [0.717, 1.165) is 7.11 Å². The van der Waals surface area contributed by atoms with E-state index >= 15 is 0 Å². The molecule has 0 fully saturated rings. The number of methoxy groups -OCH3 is 1. The lowest BCUT2D eigenvalue weighted by Crippen LogP contribution is -2.21. The number of amides is 1. The zero-order valence-electron chi connectivity index (χ0n) is 8.37. The average molecular weight is 229 g/mol. The molecule has 0 aromatic heterocycles. The fraction of sp³-hybridized carbons (Fsp3) is 0.200. The van der Waals surface area contributed by atoms with E-state index in [0.29, 0.717) is 0 Å². The Hall–Kier alpha value is -1.98. The van der Waals surface area contributed by atoms with Gasteiger partial charge in [-0.15, -0.1) is 0 Å². The molecule has 0 bridgehead atoms. The first kappa shape index (κ1) is 12.1. The van der Waals surface area contributed by atoms with Crippen molar-refractivity contribution in [3.63, 3.8) is 0 Å². The van der Waals surface area contributed by atoms with Gasteiger partial charge in [0.2, 0.25) is 0 Å². The molecule has 0 aliphatic heterocycles. The van der Waals surface area contributed by atoms with Gasteiger partial charge in [0, 0.05) is 0 Å². The molecule has 0 saturated heterocycles. The van der Waals surface area contributed by atoms with Crippen molar-refractivity contribution in [2.45, 2.75) is 6.43 Å². The van der Waals surface area contributed by atoms with Gasteiger partial charge in [-0.2, -0.15) is 8.78 Å². The number of hydrogen-bond donors (Lipinski definition) is 1. The number of alkyl halides is 2. The Balaban J connectivity index is 2.95. The fourth-order valence-corrected chi connectivity index (χ4v) is 1.07. The van der Waals surface area contributed by atoms with Crippen molar-refractivity contribution in [1.82, 2.24) is 0 Å². The summed E-state index contributed by atoms with van der Waals surface area (Å²) in [6.45, 7) is 0. The second-order valence-electron chi connectivity index (χ2n) is 2.83. The Bertz CT molecular complexity index is 407. The summed E-state index contributed by atoms with van der Waals surface area (Å²) in [5.41, 5.74) is 0.0265. The van der Waals surface area contributed by atoms with E-state index < -0.39 is 18.3 Å². The van der Waals surface area contributed by atoms with Crippen LogP contribution < -0.4 is 5.32 Å². The number of esters is 1. The topological polar surface area (TPSA) is 55.4 Å². The third-order valence-electron chi connectivity index (χ3n) is 1.79. The minimum Gasteiger partial charge on any atom is -0.465 e. The van der Waals surface area contributed by atoms with Gasteiger partial charge in [-0.25, -0.2) is 4.79 Å². The summed E-state index contributed by atoms with van der Waals surface area (Å²) < 4.78 is 28.4. The largest absolute Gasteiger partial charge is 0.465 e. The Labute approximate surface area is 90.2 Å². The summed E-state index contributed by atoms with van der Waals surface area (Å²) in [5, 5.41) is 1.94. The van der Waals surface area contributed by atoms with Crippen molar-refractivity contribution in [2.24, 2.45) is 0 Å². The second kappa shape index (κ2) is 5.20. The van der Waals surface area contributed by atoms with Crippen LogP contribution in [-0.4, -0.2) is 25.4 Å². The van der Waals surface area contributed by atoms with Crippen molar-refractivity contribution in [1.29, 1.82) is 0 Å². The first-order valence-electron chi connectivity index (χ1n) is 4.32. The van der Waals surface area contributed by atoms with Crippen LogP contribution in [-0.2, 0) is 9.53 Å². The molecule has 1 rings (SSSR count). The smallest absolute Gasteiger partial charge is 0.339 e. The molecule has 6 heteroatoms. The Morgan fingerprint density at radius 2 is 1.94 bits per heavy atom. The summed E-state index contributed by atoms with van der Waals surface area (Å²) in [6.07, 6.45) is -3.13. The van der Waals surface area contributed by atoms with E-state index in [4.69, 9.17) is 0 Å². The number of nitrogens with one attached hydrogen (secondary N) is 1. The van der Waals surface area contributed by atoms with Gasteiger partial charge in [0.15, 0.2) is 0 Å². The monoisotopic (exact) mass is 229 g/mol. The van der Waals surface area contributed by atoms with E-state index in [1.807, 2.05) is 5.32 Å². The van der Waals surface area contributed by atoms with E-state index in [1.54, 1.807) is 0 Å². The van der Waals surface area contributed by atoms with Gasteiger partial charge in [0.05, 0.1) is 18.4 Å². The molecule has 86 valence electrons. The van der Waals surface area contributed by atoms with E-state index in [-0.39, 0.29) is 11.3 Å². The van der Waals surface area contributed by atoms with Crippen molar-refractivity contribution >= 4 is 17.6 Å². The molecule has 0 spiro atoms. The maximum atomic E-state index is 12.0. The van der Waals surface area contributed by atoms with Crippen LogP contribution in [0.5, 0.6) is 0 Å². The van der Waals surface area contributed by atoms with Crippen LogP contribution in [0.25, 0.3) is 0 Å². The summed E-state index contributed by atoms with van der Waals surface area (Å²) in [6, 6.07) is 5.75. The summed E-state index contributed by atoms with van der Waals surface area (Å²) >= 11 is 0. The maximum Gasteiger partial charge on any atom is 0.339 e. The molecule has 0 atom stereocenters. The Kier molecular flexibility index (Phi) is 3.93. The van der Waals surface area contributed by atoms with Gasteiger partial charge in [-0.3, -0.25) is 4.79 Å². The predicted octanol–water partition coefficient (Wildman–Crippen LogP) is 1.68. The lowest BCUT2D eigenvalue weighted by molar-refractivity contribution is -0.126. The van der Waals surface area contributed by atoms with Gasteiger partial charge in [-0.05, 0) is 12.1 Å². The van der Waals surface area contributed by atoms with Crippen molar-refractivity contribution in [3.8, 4) is 0 Å². The number of benzene rings is 1. The van der Waals surface area contributed by atoms with Gasteiger partial charge in [0.25, 0.3) is 5.91 Å². The number of halogens is 2. The molecule has 0 radical (unpaired) electrons. The molecule has 4 nitrogen and oxygen atoms in total. The Morgan fingerprint density at radius 3 is 2.50 bits per heavy atom. The molecule has 16 heavy (non-hydrogen) atoms. The third-order valence-corrected chi connectivity index (χ3v) is 1.79. The van der Waals surface area contributed by atoms with Crippen LogP contribution in [0, 0.1) is 0 Å². The Morgan fingerprint density at radius 1 is 1.31 bits per heavy atom. The molecule has 0 aliphatic rings. The molecule has 0 heterocycles. The molecule has 0 saturated carbocycles.